The van der Waals surface area contributed by atoms with Crippen molar-refractivity contribution in [3.63, 3.8) is 0 Å². The van der Waals surface area contributed by atoms with Crippen LogP contribution in [-0.4, -0.2) is 39.3 Å². The third kappa shape index (κ3) is 2.39. The molecule has 6 nitrogen and oxygen atoms in total. The molecule has 0 bridgehead atoms. The molecule has 0 saturated carbocycles. The topological polar surface area (TPSA) is 98.5 Å². The quantitative estimate of drug-likeness (QED) is 0.570. The Balaban J connectivity index is 2.86. The van der Waals surface area contributed by atoms with E-state index in [1.807, 2.05) is 0 Å². The maximum absolute atomic E-state index is 11.0. The number of hydrogen-bond donors (Lipinski definition) is 2. The van der Waals surface area contributed by atoms with Crippen LogP contribution in [0.2, 0.25) is 0 Å². The number of carbonyl (C=O) groups is 1. The van der Waals surface area contributed by atoms with Crippen molar-refractivity contribution in [1.29, 1.82) is 0 Å². The molecule has 0 radical (unpaired) electrons. The molecule has 7 heteroatoms. The zero-order chi connectivity index (χ0) is 10.1. The minimum Gasteiger partial charge on any atom is -0.379 e. The summed E-state index contributed by atoms with van der Waals surface area (Å²) in [6, 6.07) is 0. The molecule has 0 spiro atoms. The molecule has 3 N–H and O–H groups in total. The standard InChI is InChI=1S/C6H12N2O4S/c1-13(10,11)8-6(5(7)9)2-3-12-4-6/h8H,2-4H2,1H3,(H2,7,9). The van der Waals surface area contributed by atoms with E-state index in [4.69, 9.17) is 10.5 Å². The van der Waals surface area contributed by atoms with Gasteiger partial charge < -0.3 is 10.5 Å². The summed E-state index contributed by atoms with van der Waals surface area (Å²) in [5, 5.41) is 0. The molecule has 13 heavy (non-hydrogen) atoms. The van der Waals surface area contributed by atoms with Crippen LogP contribution >= 0.6 is 0 Å². The molecule has 0 aromatic rings. The maximum atomic E-state index is 11.0. The second-order valence-corrected chi connectivity index (χ2v) is 4.87. The fourth-order valence-electron chi connectivity index (χ4n) is 1.24. The molecule has 0 aromatic carbocycles. The zero-order valence-electron chi connectivity index (χ0n) is 7.24. The Labute approximate surface area is 76.5 Å². The number of sulfonamides is 1. The fourth-order valence-corrected chi connectivity index (χ4v) is 2.22. The number of carbonyl (C=O) groups excluding carboxylic acids is 1. The van der Waals surface area contributed by atoms with Crippen LogP contribution in [0.25, 0.3) is 0 Å². The summed E-state index contributed by atoms with van der Waals surface area (Å²) in [6.07, 6.45) is 1.27. The average Bonchev–Trinajstić information content (AvgIpc) is 2.33. The Morgan fingerprint density at radius 3 is 2.54 bits per heavy atom. The van der Waals surface area contributed by atoms with Crippen LogP contribution in [0, 0.1) is 0 Å². The van der Waals surface area contributed by atoms with E-state index in [9.17, 15) is 13.2 Å². The van der Waals surface area contributed by atoms with Gasteiger partial charge in [0.15, 0.2) is 0 Å². The number of nitrogens with one attached hydrogen (secondary N) is 1. The molecule has 1 fully saturated rings. The first-order chi connectivity index (χ1) is 5.86. The number of primary amides is 1. The van der Waals surface area contributed by atoms with Crippen molar-refractivity contribution in [2.45, 2.75) is 12.0 Å². The molecule has 0 aliphatic carbocycles. The SMILES string of the molecule is CS(=O)(=O)NC1(C(N)=O)CCOC1. The Morgan fingerprint density at radius 1 is 1.62 bits per heavy atom. The monoisotopic (exact) mass is 208 g/mol. The zero-order valence-corrected chi connectivity index (χ0v) is 8.06. The lowest BCUT2D eigenvalue weighted by Gasteiger charge is -2.23. The van der Waals surface area contributed by atoms with Crippen LogP contribution < -0.4 is 10.5 Å². The van der Waals surface area contributed by atoms with E-state index in [2.05, 4.69) is 4.72 Å². The maximum Gasteiger partial charge on any atom is 0.241 e. The summed E-state index contributed by atoms with van der Waals surface area (Å²) in [5.41, 5.74) is 3.85. The first kappa shape index (κ1) is 10.4. The van der Waals surface area contributed by atoms with Crippen LogP contribution in [0.4, 0.5) is 0 Å². The van der Waals surface area contributed by atoms with Gasteiger partial charge in [-0.2, -0.15) is 4.72 Å². The molecular weight excluding hydrogens is 196 g/mol. The van der Waals surface area contributed by atoms with Crippen LogP contribution in [0.3, 0.4) is 0 Å². The van der Waals surface area contributed by atoms with Crippen LogP contribution in [0.15, 0.2) is 0 Å². The Bertz CT molecular complexity index is 305. The van der Waals surface area contributed by atoms with Gasteiger partial charge in [0.05, 0.1) is 12.9 Å². The van der Waals surface area contributed by atoms with Gasteiger partial charge in [-0.15, -0.1) is 0 Å². The van der Waals surface area contributed by atoms with Gasteiger partial charge >= 0.3 is 0 Å². The van der Waals surface area contributed by atoms with E-state index in [0.29, 0.717) is 6.61 Å². The predicted molar refractivity (Wildman–Crippen MR) is 45.3 cm³/mol. The normalized spacial score (nSPS) is 29.0. The predicted octanol–water partition coefficient (Wildman–Crippen LogP) is -1.82. The van der Waals surface area contributed by atoms with E-state index in [1.54, 1.807) is 0 Å². The summed E-state index contributed by atoms with van der Waals surface area (Å²) in [5.74, 6) is -0.699. The van der Waals surface area contributed by atoms with Crippen LogP contribution in [0.5, 0.6) is 0 Å². The summed E-state index contributed by atoms with van der Waals surface area (Å²) in [4.78, 5) is 11.0. The lowest BCUT2D eigenvalue weighted by atomic mass is 10.0. The number of ether oxygens (including phenoxy) is 1. The molecule has 76 valence electrons. The van der Waals surface area contributed by atoms with Gasteiger partial charge in [-0.1, -0.05) is 0 Å². The van der Waals surface area contributed by atoms with Gasteiger partial charge in [-0.25, -0.2) is 8.42 Å². The minimum atomic E-state index is -3.44. The Morgan fingerprint density at radius 2 is 2.23 bits per heavy atom. The van der Waals surface area contributed by atoms with Gasteiger partial charge in [-0.3, -0.25) is 4.79 Å². The lowest BCUT2D eigenvalue weighted by Crippen LogP contribution is -2.57. The van der Waals surface area contributed by atoms with Crippen molar-refractivity contribution in [3.05, 3.63) is 0 Å². The Kier molecular flexibility index (Phi) is 2.60. The molecule has 1 amide bonds. The van der Waals surface area contributed by atoms with E-state index in [-0.39, 0.29) is 13.0 Å². The van der Waals surface area contributed by atoms with E-state index >= 15 is 0 Å². The van der Waals surface area contributed by atoms with Gasteiger partial charge in [-0.05, 0) is 0 Å². The summed E-state index contributed by atoms with van der Waals surface area (Å²) < 4.78 is 29.0. The largest absolute Gasteiger partial charge is 0.379 e. The van der Waals surface area contributed by atoms with Crippen LogP contribution in [0.1, 0.15) is 6.42 Å². The van der Waals surface area contributed by atoms with Gasteiger partial charge in [0.1, 0.15) is 5.54 Å². The summed E-state index contributed by atoms with van der Waals surface area (Å²) in [6.45, 7) is 0.348. The van der Waals surface area contributed by atoms with Gasteiger partial charge in [0.25, 0.3) is 0 Å². The third-order valence-corrected chi connectivity index (χ3v) is 2.64. The number of hydrogen-bond acceptors (Lipinski definition) is 4. The van der Waals surface area contributed by atoms with Crippen molar-refractivity contribution in [3.8, 4) is 0 Å². The highest BCUT2D eigenvalue weighted by Gasteiger charge is 2.43. The molecule has 1 rings (SSSR count). The average molecular weight is 208 g/mol. The van der Waals surface area contributed by atoms with E-state index < -0.39 is 21.5 Å². The second kappa shape index (κ2) is 3.24. The highest BCUT2D eigenvalue weighted by Crippen LogP contribution is 2.18. The van der Waals surface area contributed by atoms with Gasteiger partial charge in [0, 0.05) is 13.0 Å². The molecule has 1 aliphatic rings. The first-order valence-corrected chi connectivity index (χ1v) is 5.61. The number of amides is 1. The van der Waals surface area contributed by atoms with E-state index in [0.717, 1.165) is 6.26 Å². The lowest BCUT2D eigenvalue weighted by molar-refractivity contribution is -0.123. The number of rotatable bonds is 3. The first-order valence-electron chi connectivity index (χ1n) is 3.72. The molecule has 1 aliphatic heterocycles. The van der Waals surface area contributed by atoms with E-state index in [1.165, 1.54) is 0 Å². The molecular formula is C6H12N2O4S. The molecule has 1 unspecified atom stereocenters. The van der Waals surface area contributed by atoms with Crippen molar-refractivity contribution < 1.29 is 17.9 Å². The van der Waals surface area contributed by atoms with Crippen LogP contribution in [-0.2, 0) is 19.6 Å². The van der Waals surface area contributed by atoms with Crippen molar-refractivity contribution in [2.24, 2.45) is 5.73 Å². The van der Waals surface area contributed by atoms with Crippen molar-refractivity contribution in [2.75, 3.05) is 19.5 Å². The molecule has 1 atom stereocenters. The van der Waals surface area contributed by atoms with Crippen molar-refractivity contribution >= 4 is 15.9 Å². The molecule has 1 saturated heterocycles. The fraction of sp³-hybridized carbons (Fsp3) is 0.833. The highest BCUT2D eigenvalue weighted by atomic mass is 32.2. The number of nitrogens with two attached hydrogens (primary N) is 1. The van der Waals surface area contributed by atoms with Gasteiger partial charge in [0.2, 0.25) is 15.9 Å². The molecule has 0 aromatic heterocycles. The second-order valence-electron chi connectivity index (χ2n) is 3.12. The van der Waals surface area contributed by atoms with Crippen molar-refractivity contribution in [1.82, 2.24) is 4.72 Å². The minimum absolute atomic E-state index is 0.00933. The Hall–Kier alpha value is -0.660. The summed E-state index contributed by atoms with van der Waals surface area (Å²) >= 11 is 0. The molecule has 1 heterocycles. The highest BCUT2D eigenvalue weighted by molar-refractivity contribution is 7.88. The third-order valence-electron chi connectivity index (χ3n) is 1.87. The summed E-state index contributed by atoms with van der Waals surface area (Å²) in [7, 11) is -3.44. The smallest absolute Gasteiger partial charge is 0.241 e.